The Morgan fingerprint density at radius 3 is 2.46 bits per heavy atom. The predicted molar refractivity (Wildman–Crippen MR) is 118 cm³/mol. The van der Waals surface area contributed by atoms with Crippen LogP contribution >= 0.6 is 36.2 Å². The van der Waals surface area contributed by atoms with Crippen LogP contribution in [0.2, 0.25) is 0 Å². The first-order valence-corrected chi connectivity index (χ1v) is 9.46. The van der Waals surface area contributed by atoms with Gasteiger partial charge in [-0.15, -0.1) is 36.2 Å². The van der Waals surface area contributed by atoms with Crippen LogP contribution in [0, 0.1) is 12.8 Å². The standard InChI is InChI=1S/C19H25N3O3S.2ClH/c1-11-16(17(23)22-19(2,10-20)13-6-7-13)26-18(21-11)12-5-8-14(24-3)15(9-12)25-4;;/h5,8-9,13H,6-7,10,20H2,1-4H3,(H,22,23);2*1H. The van der Waals surface area contributed by atoms with Gasteiger partial charge >= 0.3 is 0 Å². The van der Waals surface area contributed by atoms with E-state index in [0.29, 0.717) is 34.5 Å². The highest BCUT2D eigenvalue weighted by molar-refractivity contribution is 7.17. The van der Waals surface area contributed by atoms with Gasteiger partial charge in [-0.25, -0.2) is 4.98 Å². The second-order valence-corrected chi connectivity index (χ2v) is 7.85. The normalized spacial score (nSPS) is 14.9. The lowest BCUT2D eigenvalue weighted by atomic mass is 9.96. The van der Waals surface area contributed by atoms with Gasteiger partial charge < -0.3 is 20.5 Å². The number of carbonyl (C=O) groups excluding carboxylic acids is 1. The van der Waals surface area contributed by atoms with Gasteiger partial charge in [0.1, 0.15) is 9.88 Å². The first-order chi connectivity index (χ1) is 12.4. The lowest BCUT2D eigenvalue weighted by molar-refractivity contribution is 0.0901. The zero-order valence-corrected chi connectivity index (χ0v) is 18.9. The number of nitrogens with one attached hydrogen (secondary N) is 1. The van der Waals surface area contributed by atoms with Gasteiger partial charge in [0, 0.05) is 12.1 Å². The summed E-state index contributed by atoms with van der Waals surface area (Å²) in [5, 5.41) is 3.90. The number of rotatable bonds is 7. The first-order valence-electron chi connectivity index (χ1n) is 8.64. The molecule has 0 bridgehead atoms. The molecule has 28 heavy (non-hydrogen) atoms. The molecule has 1 aliphatic rings. The molecule has 1 fully saturated rings. The summed E-state index contributed by atoms with van der Waals surface area (Å²) in [4.78, 5) is 18.0. The van der Waals surface area contributed by atoms with Crippen LogP contribution in [-0.2, 0) is 0 Å². The molecule has 3 N–H and O–H groups in total. The molecule has 1 aromatic heterocycles. The number of carbonyl (C=O) groups is 1. The van der Waals surface area contributed by atoms with Crippen LogP contribution in [0.15, 0.2) is 18.2 Å². The summed E-state index contributed by atoms with van der Waals surface area (Å²) in [6.07, 6.45) is 2.24. The summed E-state index contributed by atoms with van der Waals surface area (Å²) in [7, 11) is 3.20. The van der Waals surface area contributed by atoms with E-state index in [1.807, 2.05) is 32.0 Å². The molecule has 1 aromatic carbocycles. The molecule has 0 spiro atoms. The van der Waals surface area contributed by atoms with Crippen LogP contribution in [0.3, 0.4) is 0 Å². The molecule has 0 radical (unpaired) electrons. The smallest absolute Gasteiger partial charge is 0.263 e. The van der Waals surface area contributed by atoms with Crippen LogP contribution < -0.4 is 20.5 Å². The van der Waals surface area contributed by atoms with Crippen molar-refractivity contribution in [2.24, 2.45) is 11.7 Å². The Balaban J connectivity index is 0.00000196. The quantitative estimate of drug-likeness (QED) is 0.672. The van der Waals surface area contributed by atoms with Crippen LogP contribution in [0.5, 0.6) is 11.5 Å². The van der Waals surface area contributed by atoms with Crippen molar-refractivity contribution >= 4 is 42.1 Å². The molecular weight excluding hydrogens is 421 g/mol. The number of ether oxygens (including phenoxy) is 2. The lowest BCUT2D eigenvalue weighted by Crippen LogP contribution is -2.53. The molecule has 1 amide bonds. The Labute approximate surface area is 182 Å². The van der Waals surface area contributed by atoms with E-state index in [1.54, 1.807) is 14.2 Å². The van der Waals surface area contributed by atoms with E-state index in [-0.39, 0.29) is 36.3 Å². The largest absolute Gasteiger partial charge is 0.493 e. The van der Waals surface area contributed by atoms with Crippen LogP contribution in [-0.4, -0.2) is 37.2 Å². The Bertz CT molecular complexity index is 827. The van der Waals surface area contributed by atoms with E-state index in [1.165, 1.54) is 11.3 Å². The summed E-state index contributed by atoms with van der Waals surface area (Å²) in [6, 6.07) is 5.62. The van der Waals surface area contributed by atoms with E-state index in [2.05, 4.69) is 10.3 Å². The maximum atomic E-state index is 12.8. The van der Waals surface area contributed by atoms with E-state index in [9.17, 15) is 4.79 Å². The topological polar surface area (TPSA) is 86.5 Å². The average Bonchev–Trinajstić information content (AvgIpc) is 3.43. The summed E-state index contributed by atoms with van der Waals surface area (Å²) in [5.74, 6) is 1.65. The number of aryl methyl sites for hydroxylation is 1. The summed E-state index contributed by atoms with van der Waals surface area (Å²) in [6.45, 7) is 4.31. The van der Waals surface area contributed by atoms with Gasteiger partial charge in [-0.2, -0.15) is 0 Å². The summed E-state index contributed by atoms with van der Waals surface area (Å²) in [5.41, 5.74) is 7.17. The number of amides is 1. The molecule has 2 aromatic rings. The van der Waals surface area contributed by atoms with Gasteiger partial charge in [0.05, 0.1) is 25.5 Å². The fraction of sp³-hybridized carbons (Fsp3) is 0.474. The van der Waals surface area contributed by atoms with Gasteiger partial charge in [-0.3, -0.25) is 4.79 Å². The fourth-order valence-electron chi connectivity index (χ4n) is 3.06. The molecule has 1 atom stereocenters. The lowest BCUT2D eigenvalue weighted by Gasteiger charge is -2.29. The molecule has 3 rings (SSSR count). The Kier molecular flexibility index (Phi) is 8.56. The van der Waals surface area contributed by atoms with Gasteiger partial charge in [0.2, 0.25) is 0 Å². The fourth-order valence-corrected chi connectivity index (χ4v) is 4.01. The molecule has 9 heteroatoms. The highest BCUT2D eigenvalue weighted by atomic mass is 35.5. The van der Waals surface area contributed by atoms with Crippen molar-refractivity contribution in [2.45, 2.75) is 32.2 Å². The summed E-state index contributed by atoms with van der Waals surface area (Å²) < 4.78 is 10.6. The van der Waals surface area contributed by atoms with Crippen molar-refractivity contribution in [1.82, 2.24) is 10.3 Å². The number of hydrogen-bond donors (Lipinski definition) is 2. The number of aromatic nitrogens is 1. The number of benzene rings is 1. The van der Waals surface area contributed by atoms with Crippen molar-refractivity contribution < 1.29 is 14.3 Å². The Morgan fingerprint density at radius 1 is 1.29 bits per heavy atom. The van der Waals surface area contributed by atoms with Gasteiger partial charge in [0.15, 0.2) is 11.5 Å². The summed E-state index contributed by atoms with van der Waals surface area (Å²) >= 11 is 1.38. The van der Waals surface area contributed by atoms with Gasteiger partial charge in [0.25, 0.3) is 5.91 Å². The molecule has 0 saturated heterocycles. The van der Waals surface area contributed by atoms with Crippen molar-refractivity contribution in [3.05, 3.63) is 28.8 Å². The first kappa shape index (κ1) is 24.5. The number of hydrogen-bond acceptors (Lipinski definition) is 6. The zero-order chi connectivity index (χ0) is 18.9. The predicted octanol–water partition coefficient (Wildman–Crippen LogP) is 3.84. The minimum Gasteiger partial charge on any atom is -0.493 e. The molecular formula is C19H27Cl2N3O3S. The van der Waals surface area contributed by atoms with Crippen molar-refractivity contribution in [1.29, 1.82) is 0 Å². The third-order valence-electron chi connectivity index (χ3n) is 4.93. The van der Waals surface area contributed by atoms with Crippen molar-refractivity contribution in [3.8, 4) is 22.1 Å². The van der Waals surface area contributed by atoms with Gasteiger partial charge in [-0.1, -0.05) is 0 Å². The number of methoxy groups -OCH3 is 2. The van der Waals surface area contributed by atoms with Crippen LogP contribution in [0.4, 0.5) is 0 Å². The maximum absolute atomic E-state index is 12.8. The van der Waals surface area contributed by atoms with Crippen LogP contribution in [0.25, 0.3) is 10.6 Å². The third-order valence-corrected chi connectivity index (χ3v) is 6.14. The van der Waals surface area contributed by atoms with Crippen molar-refractivity contribution in [2.75, 3.05) is 20.8 Å². The number of nitrogens with two attached hydrogens (primary N) is 1. The SMILES string of the molecule is COc1ccc(-c2nc(C)c(C(=O)NC(C)(CN)C3CC3)s2)cc1OC.Cl.Cl. The molecule has 6 nitrogen and oxygen atoms in total. The molecule has 1 aliphatic carbocycles. The monoisotopic (exact) mass is 447 g/mol. The highest BCUT2D eigenvalue weighted by Crippen LogP contribution is 2.40. The van der Waals surface area contributed by atoms with Gasteiger partial charge in [-0.05, 0) is 50.8 Å². The number of nitrogens with zero attached hydrogens (tertiary/aromatic N) is 1. The number of halogens is 2. The van der Waals surface area contributed by atoms with E-state index < -0.39 is 0 Å². The van der Waals surface area contributed by atoms with E-state index >= 15 is 0 Å². The highest BCUT2D eigenvalue weighted by Gasteiger charge is 2.42. The molecule has 1 unspecified atom stereocenters. The third kappa shape index (κ3) is 4.89. The maximum Gasteiger partial charge on any atom is 0.263 e. The molecule has 156 valence electrons. The second kappa shape index (κ2) is 9.78. The average molecular weight is 448 g/mol. The molecule has 1 heterocycles. The van der Waals surface area contributed by atoms with Crippen molar-refractivity contribution in [3.63, 3.8) is 0 Å². The number of thiazole rings is 1. The van der Waals surface area contributed by atoms with E-state index in [0.717, 1.165) is 23.4 Å². The molecule has 1 saturated carbocycles. The Morgan fingerprint density at radius 2 is 1.93 bits per heavy atom. The minimum atomic E-state index is -0.350. The van der Waals surface area contributed by atoms with E-state index in [4.69, 9.17) is 15.2 Å². The zero-order valence-electron chi connectivity index (χ0n) is 16.4. The van der Waals surface area contributed by atoms with Crippen LogP contribution in [0.1, 0.15) is 35.1 Å². The minimum absolute atomic E-state index is 0. The molecule has 0 aliphatic heterocycles. The second-order valence-electron chi connectivity index (χ2n) is 6.85. The Hall–Kier alpha value is -1.54.